The van der Waals surface area contributed by atoms with E-state index in [1.165, 1.54) is 0 Å². The van der Waals surface area contributed by atoms with Gasteiger partial charge in [0.25, 0.3) is 0 Å². The Balaban J connectivity index is 2.57. The van der Waals surface area contributed by atoms with E-state index >= 15 is 0 Å². The molecule has 0 amide bonds. The minimum Gasteiger partial charge on any atom is -0.381 e. The van der Waals surface area contributed by atoms with Crippen LogP contribution in [0.4, 0.5) is 8.78 Å². The summed E-state index contributed by atoms with van der Waals surface area (Å²) < 4.78 is 29.9. The number of rotatable bonds is 2. The molecule has 0 aliphatic carbocycles. The van der Waals surface area contributed by atoms with Gasteiger partial charge in [-0.3, -0.25) is 0 Å². The maximum absolute atomic E-state index is 12.4. The molecule has 4 heteroatoms. The first-order valence-corrected chi connectivity index (χ1v) is 3.77. The molecule has 1 aliphatic rings. The van der Waals surface area contributed by atoms with Crippen LogP contribution in [0, 0.1) is 5.41 Å². The van der Waals surface area contributed by atoms with Gasteiger partial charge in [-0.05, 0) is 12.8 Å². The van der Waals surface area contributed by atoms with Gasteiger partial charge in [-0.1, -0.05) is 0 Å². The lowest BCUT2D eigenvalue weighted by atomic mass is 9.81. The van der Waals surface area contributed by atoms with Gasteiger partial charge in [-0.25, -0.2) is 8.78 Å². The van der Waals surface area contributed by atoms with Crippen molar-refractivity contribution >= 4 is 0 Å². The first kappa shape index (κ1) is 8.87. The highest BCUT2D eigenvalue weighted by Gasteiger charge is 2.39. The van der Waals surface area contributed by atoms with Gasteiger partial charge >= 0.3 is 0 Å². The molecule has 0 aromatic carbocycles. The molecule has 2 N–H and O–H groups in total. The minimum atomic E-state index is -2.31. The van der Waals surface area contributed by atoms with Crippen molar-refractivity contribution in [2.24, 2.45) is 11.1 Å². The molecule has 0 saturated carbocycles. The molecular formula is C7H13F2NO. The van der Waals surface area contributed by atoms with Crippen LogP contribution >= 0.6 is 0 Å². The van der Waals surface area contributed by atoms with Crippen molar-refractivity contribution in [3.05, 3.63) is 0 Å². The molecule has 1 aliphatic heterocycles. The van der Waals surface area contributed by atoms with E-state index in [1.54, 1.807) is 0 Å². The van der Waals surface area contributed by atoms with Crippen molar-refractivity contribution < 1.29 is 13.5 Å². The van der Waals surface area contributed by atoms with E-state index in [4.69, 9.17) is 10.5 Å². The Morgan fingerprint density at radius 3 is 2.18 bits per heavy atom. The standard InChI is InChI=1S/C7H13F2NO/c8-6(9)7(5-10)1-3-11-4-2-7/h6H,1-5,10H2. The van der Waals surface area contributed by atoms with Gasteiger partial charge in [0.15, 0.2) is 0 Å². The maximum atomic E-state index is 12.4. The lowest BCUT2D eigenvalue weighted by molar-refractivity contribution is -0.0741. The largest absolute Gasteiger partial charge is 0.381 e. The highest BCUT2D eigenvalue weighted by Crippen LogP contribution is 2.35. The third kappa shape index (κ3) is 1.68. The van der Waals surface area contributed by atoms with Crippen molar-refractivity contribution in [3.63, 3.8) is 0 Å². The molecule has 1 fully saturated rings. The maximum Gasteiger partial charge on any atom is 0.245 e. The molecule has 0 aromatic heterocycles. The van der Waals surface area contributed by atoms with Crippen molar-refractivity contribution in [2.45, 2.75) is 19.3 Å². The van der Waals surface area contributed by atoms with Gasteiger partial charge in [0.05, 0.1) is 0 Å². The molecule has 1 rings (SSSR count). The number of hydrogen-bond acceptors (Lipinski definition) is 2. The van der Waals surface area contributed by atoms with E-state index in [-0.39, 0.29) is 6.54 Å². The Bertz CT molecular complexity index is 124. The van der Waals surface area contributed by atoms with E-state index in [2.05, 4.69) is 0 Å². The van der Waals surface area contributed by atoms with Crippen LogP contribution in [-0.4, -0.2) is 26.2 Å². The fourth-order valence-corrected chi connectivity index (χ4v) is 1.29. The SMILES string of the molecule is NCC1(C(F)F)CCOCC1. The fraction of sp³-hybridized carbons (Fsp3) is 1.00. The van der Waals surface area contributed by atoms with Gasteiger partial charge in [-0.2, -0.15) is 0 Å². The van der Waals surface area contributed by atoms with E-state index < -0.39 is 11.8 Å². The first-order chi connectivity index (χ1) is 5.21. The molecule has 0 bridgehead atoms. The monoisotopic (exact) mass is 165 g/mol. The van der Waals surface area contributed by atoms with E-state index in [0.29, 0.717) is 26.1 Å². The highest BCUT2D eigenvalue weighted by molar-refractivity contribution is 4.84. The summed E-state index contributed by atoms with van der Waals surface area (Å²) in [6.45, 7) is 0.900. The first-order valence-electron chi connectivity index (χ1n) is 3.77. The second-order valence-electron chi connectivity index (χ2n) is 2.98. The lowest BCUT2D eigenvalue weighted by Crippen LogP contribution is -2.42. The van der Waals surface area contributed by atoms with Gasteiger partial charge in [-0.15, -0.1) is 0 Å². The molecule has 0 spiro atoms. The van der Waals surface area contributed by atoms with Crippen molar-refractivity contribution in [3.8, 4) is 0 Å². The Kier molecular flexibility index (Phi) is 2.78. The van der Waals surface area contributed by atoms with Crippen molar-refractivity contribution in [1.82, 2.24) is 0 Å². The summed E-state index contributed by atoms with van der Waals surface area (Å²) in [5.74, 6) is 0. The average molecular weight is 165 g/mol. The predicted molar refractivity (Wildman–Crippen MR) is 37.5 cm³/mol. The van der Waals surface area contributed by atoms with Crippen molar-refractivity contribution in [1.29, 1.82) is 0 Å². The van der Waals surface area contributed by atoms with Crippen LogP contribution in [-0.2, 0) is 4.74 Å². The zero-order valence-corrected chi connectivity index (χ0v) is 6.35. The van der Waals surface area contributed by atoms with Crippen molar-refractivity contribution in [2.75, 3.05) is 19.8 Å². The summed E-state index contributed by atoms with van der Waals surface area (Å²) in [5, 5.41) is 0. The predicted octanol–water partition coefficient (Wildman–Crippen LogP) is 1.01. The van der Waals surface area contributed by atoms with Gasteiger partial charge in [0.1, 0.15) is 0 Å². The van der Waals surface area contributed by atoms with Crippen LogP contribution in [0.1, 0.15) is 12.8 Å². The molecule has 0 radical (unpaired) electrons. The summed E-state index contributed by atoms with van der Waals surface area (Å²) in [6.07, 6.45) is -1.53. The molecular weight excluding hydrogens is 152 g/mol. The topological polar surface area (TPSA) is 35.2 Å². The highest BCUT2D eigenvalue weighted by atomic mass is 19.3. The Morgan fingerprint density at radius 2 is 1.91 bits per heavy atom. The van der Waals surface area contributed by atoms with E-state index in [9.17, 15) is 8.78 Å². The molecule has 2 nitrogen and oxygen atoms in total. The third-order valence-electron chi connectivity index (χ3n) is 2.36. The second kappa shape index (κ2) is 3.45. The molecule has 0 atom stereocenters. The molecule has 66 valence electrons. The van der Waals surface area contributed by atoms with Gasteiger partial charge < -0.3 is 10.5 Å². The van der Waals surface area contributed by atoms with Gasteiger partial charge in [0.2, 0.25) is 6.43 Å². The smallest absolute Gasteiger partial charge is 0.245 e. The zero-order valence-electron chi connectivity index (χ0n) is 6.35. The van der Waals surface area contributed by atoms with Crippen LogP contribution in [0.2, 0.25) is 0 Å². The van der Waals surface area contributed by atoms with Crippen LogP contribution in [0.25, 0.3) is 0 Å². The van der Waals surface area contributed by atoms with Crippen LogP contribution < -0.4 is 5.73 Å². The van der Waals surface area contributed by atoms with E-state index in [1.807, 2.05) is 0 Å². The zero-order chi connectivity index (χ0) is 8.32. The number of alkyl halides is 2. The summed E-state index contributed by atoms with van der Waals surface area (Å²) in [7, 11) is 0. The summed E-state index contributed by atoms with van der Waals surface area (Å²) in [6, 6.07) is 0. The normalized spacial score (nSPS) is 24.0. The van der Waals surface area contributed by atoms with Crippen LogP contribution in [0.3, 0.4) is 0 Å². The average Bonchev–Trinajstić information content (AvgIpc) is 2.05. The molecule has 1 saturated heterocycles. The summed E-state index contributed by atoms with van der Waals surface area (Å²) in [4.78, 5) is 0. The lowest BCUT2D eigenvalue weighted by Gasteiger charge is -2.34. The fourth-order valence-electron chi connectivity index (χ4n) is 1.29. The Hall–Kier alpha value is -0.220. The molecule has 0 aromatic rings. The third-order valence-corrected chi connectivity index (χ3v) is 2.36. The molecule has 0 unspecified atom stereocenters. The molecule has 1 heterocycles. The summed E-state index contributed by atoms with van der Waals surface area (Å²) >= 11 is 0. The van der Waals surface area contributed by atoms with E-state index in [0.717, 1.165) is 0 Å². The quantitative estimate of drug-likeness (QED) is 0.662. The molecule has 11 heavy (non-hydrogen) atoms. The number of nitrogens with two attached hydrogens (primary N) is 1. The Morgan fingerprint density at radius 1 is 1.36 bits per heavy atom. The second-order valence-corrected chi connectivity index (χ2v) is 2.98. The minimum absolute atomic E-state index is 0.0635. The van der Waals surface area contributed by atoms with Crippen LogP contribution in [0.5, 0.6) is 0 Å². The van der Waals surface area contributed by atoms with Gasteiger partial charge in [0, 0.05) is 25.2 Å². The number of ether oxygens (including phenoxy) is 1. The summed E-state index contributed by atoms with van der Waals surface area (Å²) in [5.41, 5.74) is 4.34. The number of hydrogen-bond donors (Lipinski definition) is 1. The number of halogens is 2. The van der Waals surface area contributed by atoms with Crippen LogP contribution in [0.15, 0.2) is 0 Å². The Labute approximate surface area is 64.7 Å².